The molecule has 0 aromatic heterocycles. The van der Waals surface area contributed by atoms with Gasteiger partial charge in [-0.05, 0) is 30.5 Å². The number of aryl methyl sites for hydroxylation is 1. The summed E-state index contributed by atoms with van der Waals surface area (Å²) in [6.45, 7) is 2.26. The van der Waals surface area contributed by atoms with E-state index < -0.39 is 0 Å². The van der Waals surface area contributed by atoms with Crippen LogP contribution in [0.15, 0.2) is 17.0 Å². The van der Waals surface area contributed by atoms with Crippen molar-refractivity contribution in [2.24, 2.45) is 0 Å². The Labute approximate surface area is 191 Å². The Morgan fingerprint density at radius 1 is 0.778 bits per heavy atom. The van der Waals surface area contributed by atoms with Gasteiger partial charge in [0.1, 0.15) is 11.5 Å². The molecule has 4 nitrogen and oxygen atoms in total. The molecule has 0 aliphatic carbocycles. The second kappa shape index (κ2) is 18.1. The van der Waals surface area contributed by atoms with Gasteiger partial charge in [-0.3, -0.25) is 0 Å². The third kappa shape index (κ3) is 13.0. The molecule has 0 saturated carbocycles. The second-order valence-electron chi connectivity index (χ2n) is 7.09. The van der Waals surface area contributed by atoms with Crippen LogP contribution in [-0.4, -0.2) is 10.2 Å². The molecule has 150 valence electrons. The first-order valence-electron chi connectivity index (χ1n) is 10.2. The number of benzene rings is 1. The SMILES string of the molecule is CCCCCCCCCCCCCCCc1cc(O)c(SO[O-])cc1O.[Na+]. The van der Waals surface area contributed by atoms with Crippen LogP contribution in [0.3, 0.4) is 0 Å². The minimum atomic E-state index is -0.0201. The molecule has 0 fully saturated rings. The van der Waals surface area contributed by atoms with Crippen LogP contribution in [0.5, 0.6) is 11.5 Å². The van der Waals surface area contributed by atoms with Gasteiger partial charge in [0.15, 0.2) is 0 Å². The Morgan fingerprint density at radius 3 is 1.74 bits per heavy atom. The van der Waals surface area contributed by atoms with Gasteiger partial charge in [-0.1, -0.05) is 84.0 Å². The monoisotopic (exact) mass is 406 g/mol. The van der Waals surface area contributed by atoms with E-state index in [4.69, 9.17) is 0 Å². The van der Waals surface area contributed by atoms with E-state index in [1.54, 1.807) is 0 Å². The van der Waals surface area contributed by atoms with E-state index in [9.17, 15) is 15.5 Å². The van der Waals surface area contributed by atoms with Gasteiger partial charge in [0, 0.05) is 12.0 Å². The summed E-state index contributed by atoms with van der Waals surface area (Å²) in [7, 11) is 0. The van der Waals surface area contributed by atoms with Crippen molar-refractivity contribution in [3.8, 4) is 11.5 Å². The van der Waals surface area contributed by atoms with E-state index in [1.165, 1.54) is 82.8 Å². The molecule has 2 N–H and O–H groups in total. The minimum absolute atomic E-state index is 0. The third-order valence-corrected chi connectivity index (χ3v) is 5.41. The first-order chi connectivity index (χ1) is 12.7. The quantitative estimate of drug-likeness (QED) is 0.110. The molecule has 0 bridgehead atoms. The fourth-order valence-electron chi connectivity index (χ4n) is 3.24. The smallest absolute Gasteiger partial charge is 0.710 e. The molecule has 6 heteroatoms. The summed E-state index contributed by atoms with van der Waals surface area (Å²) < 4.78 is 3.68. The number of rotatable bonds is 16. The van der Waals surface area contributed by atoms with E-state index in [1.807, 2.05) is 0 Å². The van der Waals surface area contributed by atoms with Crippen molar-refractivity contribution in [1.29, 1.82) is 0 Å². The fraction of sp³-hybridized carbons (Fsp3) is 0.714. The normalized spacial score (nSPS) is 10.7. The maximum atomic E-state index is 10.1. The number of aromatic hydroxyl groups is 2. The summed E-state index contributed by atoms with van der Waals surface area (Å²) in [5.74, 6) is 0.0923. The summed E-state index contributed by atoms with van der Waals surface area (Å²) in [4.78, 5) is 0.242. The average molecular weight is 407 g/mol. The summed E-state index contributed by atoms with van der Waals surface area (Å²) in [6.07, 6.45) is 17.7. The molecule has 0 heterocycles. The zero-order valence-corrected chi connectivity index (χ0v) is 20.0. The molecule has 0 radical (unpaired) electrons. The topological polar surface area (TPSA) is 72.8 Å². The zero-order chi connectivity index (χ0) is 19.0. The zero-order valence-electron chi connectivity index (χ0n) is 17.2. The van der Waals surface area contributed by atoms with Crippen molar-refractivity contribution in [1.82, 2.24) is 0 Å². The molecule has 0 saturated heterocycles. The number of hydrogen-bond acceptors (Lipinski definition) is 5. The van der Waals surface area contributed by atoms with Crippen LogP contribution in [0.2, 0.25) is 0 Å². The molecule has 0 spiro atoms. The molecule has 1 rings (SSSR count). The van der Waals surface area contributed by atoms with Crippen molar-refractivity contribution < 1.29 is 49.4 Å². The van der Waals surface area contributed by atoms with Gasteiger partial charge < -0.3 is 19.8 Å². The Bertz CT molecular complexity index is 485. The minimum Gasteiger partial charge on any atom is -0.710 e. The largest absolute Gasteiger partial charge is 1.00 e. The molecule has 0 aliphatic heterocycles. The van der Waals surface area contributed by atoms with Crippen LogP contribution < -0.4 is 34.8 Å². The van der Waals surface area contributed by atoms with Crippen LogP contribution in [-0.2, 0) is 10.8 Å². The van der Waals surface area contributed by atoms with Gasteiger partial charge in [0.05, 0.1) is 4.90 Å². The van der Waals surface area contributed by atoms with E-state index in [2.05, 4.69) is 11.3 Å². The molecule has 1 aromatic carbocycles. The van der Waals surface area contributed by atoms with Gasteiger partial charge in [-0.2, -0.15) is 0 Å². The molecule has 0 amide bonds. The van der Waals surface area contributed by atoms with Crippen LogP contribution in [0.1, 0.15) is 96.0 Å². The number of unbranched alkanes of at least 4 members (excludes halogenated alkanes) is 12. The molecule has 0 aliphatic rings. The van der Waals surface area contributed by atoms with E-state index in [0.29, 0.717) is 12.0 Å². The van der Waals surface area contributed by atoms with Gasteiger partial charge in [0.2, 0.25) is 0 Å². The predicted octanol–water partition coefficient (Wildman–Crippen LogP) is 3.03. The molecule has 0 atom stereocenters. The maximum Gasteiger partial charge on any atom is 1.00 e. The van der Waals surface area contributed by atoms with Crippen molar-refractivity contribution in [3.05, 3.63) is 17.7 Å². The van der Waals surface area contributed by atoms with Gasteiger partial charge in [0.25, 0.3) is 0 Å². The molecule has 0 unspecified atom stereocenters. The van der Waals surface area contributed by atoms with E-state index >= 15 is 0 Å². The van der Waals surface area contributed by atoms with Crippen LogP contribution in [0.25, 0.3) is 0 Å². The van der Waals surface area contributed by atoms with Gasteiger partial charge in [-0.15, -0.1) is 0 Å². The molecular formula is C21H35NaO4S. The summed E-state index contributed by atoms with van der Waals surface area (Å²) in [6, 6.07) is 2.91. The summed E-state index contributed by atoms with van der Waals surface area (Å²) >= 11 is 0.507. The maximum absolute atomic E-state index is 10.1. The summed E-state index contributed by atoms with van der Waals surface area (Å²) in [5.41, 5.74) is 0.723. The van der Waals surface area contributed by atoms with E-state index in [0.717, 1.165) is 24.8 Å². The van der Waals surface area contributed by atoms with Crippen molar-refractivity contribution in [3.63, 3.8) is 0 Å². The Kier molecular flexibility index (Phi) is 18.2. The molecular weight excluding hydrogens is 371 g/mol. The number of phenolic OH excluding ortho intramolecular Hbond substituents is 2. The van der Waals surface area contributed by atoms with Crippen molar-refractivity contribution in [2.75, 3.05) is 0 Å². The fourth-order valence-corrected chi connectivity index (χ4v) is 3.62. The number of hydrogen-bond donors (Lipinski definition) is 2. The van der Waals surface area contributed by atoms with E-state index in [-0.39, 0.29) is 46.0 Å². The first-order valence-corrected chi connectivity index (χ1v) is 10.9. The standard InChI is InChI=1S/C21H36O4S.Na/c1-2-3-4-5-6-7-8-9-10-11-12-13-14-15-18-16-20(23)21(26-25-24)17-19(18)22;/h16-17,22-24H,2-15H2,1H3;/q;+1/p-1. The van der Waals surface area contributed by atoms with Crippen LogP contribution in [0.4, 0.5) is 0 Å². The Balaban J connectivity index is 0.00000676. The second-order valence-corrected chi connectivity index (χ2v) is 7.84. The predicted molar refractivity (Wildman–Crippen MR) is 106 cm³/mol. The average Bonchev–Trinajstić information content (AvgIpc) is 2.63. The first kappa shape index (κ1) is 27.1. The third-order valence-electron chi connectivity index (χ3n) is 4.83. The van der Waals surface area contributed by atoms with Crippen LogP contribution in [0, 0.1) is 0 Å². The molecule has 27 heavy (non-hydrogen) atoms. The van der Waals surface area contributed by atoms with Gasteiger partial charge >= 0.3 is 29.6 Å². The summed E-state index contributed by atoms with van der Waals surface area (Å²) in [5, 5.41) is 29.9. The van der Waals surface area contributed by atoms with Gasteiger partial charge in [-0.25, -0.2) is 0 Å². The van der Waals surface area contributed by atoms with Crippen molar-refractivity contribution >= 4 is 12.0 Å². The Morgan fingerprint density at radius 2 is 1.26 bits per heavy atom. The molecule has 1 aromatic rings. The van der Waals surface area contributed by atoms with Crippen LogP contribution >= 0.6 is 12.0 Å². The van der Waals surface area contributed by atoms with Crippen molar-refractivity contribution in [2.45, 2.75) is 102 Å². The Hall–Kier alpha value is 0.0900. The number of phenols is 2.